The number of nitrogens with zero attached hydrogens (tertiary/aromatic N) is 2. The molecular formula is C29H38N2O3. The van der Waals surface area contributed by atoms with Crippen LogP contribution in [-0.2, 0) is 4.79 Å². The van der Waals surface area contributed by atoms with Crippen molar-refractivity contribution in [3.63, 3.8) is 0 Å². The number of aliphatic hydroxyl groups excluding tert-OH is 1. The van der Waals surface area contributed by atoms with E-state index in [1.807, 2.05) is 35.2 Å². The summed E-state index contributed by atoms with van der Waals surface area (Å²) in [7, 11) is 1.70. The number of ether oxygens (including phenoxy) is 1. The molecule has 2 aliphatic rings. The maximum absolute atomic E-state index is 12.6. The van der Waals surface area contributed by atoms with Crippen LogP contribution in [-0.4, -0.2) is 66.8 Å². The average Bonchev–Trinajstić information content (AvgIpc) is 2.88. The molecule has 5 nitrogen and oxygen atoms in total. The van der Waals surface area contributed by atoms with Gasteiger partial charge in [-0.05, 0) is 86.9 Å². The van der Waals surface area contributed by atoms with Crippen molar-refractivity contribution in [2.45, 2.75) is 44.6 Å². The summed E-state index contributed by atoms with van der Waals surface area (Å²) in [5, 5.41) is 10.9. The molecule has 2 fully saturated rings. The Labute approximate surface area is 204 Å². The van der Waals surface area contributed by atoms with E-state index in [9.17, 15) is 9.90 Å². The average molecular weight is 463 g/mol. The number of methoxy groups -OCH3 is 1. The van der Waals surface area contributed by atoms with Gasteiger partial charge in [0, 0.05) is 25.7 Å². The number of hydrogen-bond donors (Lipinski definition) is 1. The fourth-order valence-corrected chi connectivity index (χ4v) is 5.29. The van der Waals surface area contributed by atoms with Gasteiger partial charge in [-0.3, -0.25) is 4.79 Å². The molecule has 0 radical (unpaired) electrons. The third kappa shape index (κ3) is 6.49. The van der Waals surface area contributed by atoms with Crippen LogP contribution < -0.4 is 4.74 Å². The van der Waals surface area contributed by atoms with Crippen LogP contribution in [0.1, 0.15) is 48.3 Å². The number of aliphatic hydroxyl groups is 1. The number of rotatable bonds is 7. The maximum atomic E-state index is 12.6. The minimum atomic E-state index is -0.322. The molecule has 182 valence electrons. The second-order valence-electron chi connectivity index (χ2n) is 9.83. The van der Waals surface area contributed by atoms with Crippen molar-refractivity contribution < 1.29 is 14.6 Å². The van der Waals surface area contributed by atoms with Crippen molar-refractivity contribution in [1.29, 1.82) is 0 Å². The zero-order valence-corrected chi connectivity index (χ0v) is 20.5. The Morgan fingerprint density at radius 2 is 1.76 bits per heavy atom. The summed E-state index contributed by atoms with van der Waals surface area (Å²) in [5.74, 6) is 1.82. The van der Waals surface area contributed by atoms with Crippen LogP contribution in [0.15, 0.2) is 54.6 Å². The first-order chi connectivity index (χ1) is 16.5. The number of benzene rings is 2. The number of β-amino-alcohol motifs (C(OH)–C–C–N with tert-alkyl or cyclic N) is 1. The van der Waals surface area contributed by atoms with Gasteiger partial charge in [0.05, 0.1) is 13.2 Å². The van der Waals surface area contributed by atoms with E-state index in [0.717, 1.165) is 69.7 Å². The summed E-state index contributed by atoms with van der Waals surface area (Å²) < 4.78 is 5.27. The molecule has 2 saturated heterocycles. The minimum absolute atomic E-state index is 0.0649. The first kappa shape index (κ1) is 24.5. The molecule has 1 unspecified atom stereocenters. The Balaban J connectivity index is 1.19. The Morgan fingerprint density at radius 1 is 1.06 bits per heavy atom. The van der Waals surface area contributed by atoms with Crippen molar-refractivity contribution >= 4 is 12.0 Å². The van der Waals surface area contributed by atoms with E-state index < -0.39 is 0 Å². The molecule has 1 atom stereocenters. The fraction of sp³-hybridized carbons (Fsp3) is 0.483. The number of aryl methyl sites for hydroxylation is 1. The molecule has 1 amide bonds. The van der Waals surface area contributed by atoms with Crippen LogP contribution in [0.2, 0.25) is 0 Å². The zero-order chi connectivity index (χ0) is 23.9. The molecule has 2 aliphatic heterocycles. The van der Waals surface area contributed by atoms with E-state index in [2.05, 4.69) is 36.1 Å². The van der Waals surface area contributed by atoms with Gasteiger partial charge in [0.1, 0.15) is 5.75 Å². The number of likely N-dealkylation sites (tertiary alicyclic amines) is 2. The van der Waals surface area contributed by atoms with Crippen LogP contribution in [0.25, 0.3) is 6.08 Å². The molecule has 2 heterocycles. The van der Waals surface area contributed by atoms with E-state index in [1.165, 1.54) is 11.1 Å². The molecule has 1 N–H and O–H groups in total. The summed E-state index contributed by atoms with van der Waals surface area (Å²) in [6.45, 7) is 6.28. The van der Waals surface area contributed by atoms with E-state index in [1.54, 1.807) is 13.2 Å². The molecule has 0 saturated carbocycles. The third-order valence-corrected chi connectivity index (χ3v) is 7.48. The Kier molecular flexibility index (Phi) is 8.41. The molecule has 5 heteroatoms. The first-order valence-corrected chi connectivity index (χ1v) is 12.6. The minimum Gasteiger partial charge on any atom is -0.497 e. The lowest BCUT2D eigenvalue weighted by atomic mass is 9.88. The predicted octanol–water partition coefficient (Wildman–Crippen LogP) is 4.50. The monoisotopic (exact) mass is 462 g/mol. The highest BCUT2D eigenvalue weighted by molar-refractivity contribution is 5.91. The maximum Gasteiger partial charge on any atom is 0.246 e. The van der Waals surface area contributed by atoms with E-state index in [-0.39, 0.29) is 17.9 Å². The third-order valence-electron chi connectivity index (χ3n) is 7.48. The molecule has 34 heavy (non-hydrogen) atoms. The van der Waals surface area contributed by atoms with E-state index in [4.69, 9.17) is 4.74 Å². The van der Waals surface area contributed by atoms with E-state index >= 15 is 0 Å². The summed E-state index contributed by atoms with van der Waals surface area (Å²) >= 11 is 0. The smallest absolute Gasteiger partial charge is 0.246 e. The zero-order valence-electron chi connectivity index (χ0n) is 20.5. The summed E-state index contributed by atoms with van der Waals surface area (Å²) in [4.78, 5) is 16.9. The van der Waals surface area contributed by atoms with Gasteiger partial charge in [-0.15, -0.1) is 0 Å². The number of carbonyl (C=O) groups excluding carboxylic acids is 1. The van der Waals surface area contributed by atoms with Crippen LogP contribution in [0.3, 0.4) is 0 Å². The molecule has 0 aromatic heterocycles. The van der Waals surface area contributed by atoms with Crippen molar-refractivity contribution in [2.75, 3.05) is 39.8 Å². The molecule has 0 aliphatic carbocycles. The molecule has 0 spiro atoms. The number of piperidine rings is 2. The lowest BCUT2D eigenvalue weighted by Gasteiger charge is -2.38. The van der Waals surface area contributed by atoms with Crippen LogP contribution in [0, 0.1) is 12.8 Å². The van der Waals surface area contributed by atoms with Gasteiger partial charge in [-0.25, -0.2) is 0 Å². The Morgan fingerprint density at radius 3 is 2.41 bits per heavy atom. The summed E-state index contributed by atoms with van der Waals surface area (Å²) in [6.07, 6.45) is 7.24. The van der Waals surface area contributed by atoms with Gasteiger partial charge in [-0.2, -0.15) is 0 Å². The second kappa shape index (κ2) is 11.7. The number of hydrogen-bond acceptors (Lipinski definition) is 4. The second-order valence-corrected chi connectivity index (χ2v) is 9.83. The standard InChI is InChI=1S/C29H38N2O3/c1-22-4-3-5-23(20-22)6-11-29(33)31-18-14-26(15-19-31)28(32)21-30-16-12-25(13-17-30)24-7-9-27(34-2)10-8-24/h3-11,20,25-26,28,32H,12-19,21H2,1-2H3. The van der Waals surface area contributed by atoms with Gasteiger partial charge >= 0.3 is 0 Å². The van der Waals surface area contributed by atoms with Gasteiger partial charge in [-0.1, -0.05) is 42.0 Å². The summed E-state index contributed by atoms with van der Waals surface area (Å²) in [5.41, 5.74) is 3.62. The topological polar surface area (TPSA) is 53.0 Å². The normalized spacial score (nSPS) is 19.4. The molecular weight excluding hydrogens is 424 g/mol. The lowest BCUT2D eigenvalue weighted by Crippen LogP contribution is -2.45. The van der Waals surface area contributed by atoms with Crippen LogP contribution in [0.4, 0.5) is 0 Å². The fourth-order valence-electron chi connectivity index (χ4n) is 5.29. The molecule has 0 bridgehead atoms. The Bertz CT molecular complexity index is 956. The van der Waals surface area contributed by atoms with Gasteiger partial charge < -0.3 is 19.6 Å². The van der Waals surface area contributed by atoms with Crippen molar-refractivity contribution in [3.05, 3.63) is 71.3 Å². The number of carbonyl (C=O) groups is 1. The van der Waals surface area contributed by atoms with Crippen molar-refractivity contribution in [2.24, 2.45) is 5.92 Å². The quantitative estimate of drug-likeness (QED) is 0.616. The van der Waals surface area contributed by atoms with Gasteiger partial charge in [0.25, 0.3) is 0 Å². The SMILES string of the molecule is COc1ccc(C2CCN(CC(O)C3CCN(C(=O)C=Cc4cccc(C)c4)CC3)CC2)cc1. The lowest BCUT2D eigenvalue weighted by molar-refractivity contribution is -0.128. The van der Waals surface area contributed by atoms with Crippen molar-refractivity contribution in [1.82, 2.24) is 9.80 Å². The van der Waals surface area contributed by atoms with Crippen LogP contribution in [0.5, 0.6) is 5.75 Å². The highest BCUT2D eigenvalue weighted by Gasteiger charge is 2.29. The van der Waals surface area contributed by atoms with Gasteiger partial charge in [0.15, 0.2) is 0 Å². The highest BCUT2D eigenvalue weighted by Crippen LogP contribution is 2.30. The predicted molar refractivity (Wildman–Crippen MR) is 137 cm³/mol. The summed E-state index contributed by atoms with van der Waals surface area (Å²) in [6, 6.07) is 16.6. The van der Waals surface area contributed by atoms with Gasteiger partial charge in [0.2, 0.25) is 5.91 Å². The van der Waals surface area contributed by atoms with Crippen molar-refractivity contribution in [3.8, 4) is 5.75 Å². The van der Waals surface area contributed by atoms with Crippen LogP contribution >= 0.6 is 0 Å². The number of amides is 1. The molecule has 4 rings (SSSR count). The molecule has 2 aromatic carbocycles. The molecule has 2 aromatic rings. The largest absolute Gasteiger partial charge is 0.497 e. The van der Waals surface area contributed by atoms with E-state index in [0.29, 0.717) is 5.92 Å². The first-order valence-electron chi connectivity index (χ1n) is 12.6. The Hall–Kier alpha value is -2.63. The highest BCUT2D eigenvalue weighted by atomic mass is 16.5.